The molecule has 0 aromatic carbocycles. The molecule has 0 unspecified atom stereocenters. The van der Waals surface area contributed by atoms with Crippen LogP contribution in [0.25, 0.3) is 11.1 Å². The standard InChI is InChI=1S/C24H31N5O3/c1-17-12-20(18-6-7-22(25)26-14-18)13-21(27-17)19-4-2-9-29(15-19)24(31)16-32-11-10-28-8-3-5-23(28)30/h6-7,12-14,19H,2-5,8-11,15-16H2,1H3,(H2,25,26)/t19-/m1/s1. The molecule has 2 aliphatic heterocycles. The van der Waals surface area contributed by atoms with Crippen molar-refractivity contribution < 1.29 is 14.3 Å². The molecule has 8 heteroatoms. The minimum Gasteiger partial charge on any atom is -0.384 e. The summed E-state index contributed by atoms with van der Waals surface area (Å²) >= 11 is 0. The number of carbonyl (C=O) groups is 2. The zero-order chi connectivity index (χ0) is 22.5. The topological polar surface area (TPSA) is 102 Å². The number of piperidine rings is 1. The molecule has 2 aromatic heterocycles. The van der Waals surface area contributed by atoms with E-state index >= 15 is 0 Å². The monoisotopic (exact) mass is 437 g/mol. The molecule has 4 rings (SSSR count). The van der Waals surface area contributed by atoms with Crippen LogP contribution in [0.15, 0.2) is 30.5 Å². The highest BCUT2D eigenvalue weighted by Crippen LogP contribution is 2.29. The number of hydrogen-bond acceptors (Lipinski definition) is 6. The number of nitrogens with zero attached hydrogens (tertiary/aromatic N) is 4. The van der Waals surface area contributed by atoms with Gasteiger partial charge in [0.05, 0.1) is 6.61 Å². The van der Waals surface area contributed by atoms with Crippen LogP contribution in [0.4, 0.5) is 5.82 Å². The van der Waals surface area contributed by atoms with Gasteiger partial charge >= 0.3 is 0 Å². The third-order valence-corrected chi connectivity index (χ3v) is 6.19. The molecule has 0 saturated carbocycles. The Kier molecular flexibility index (Phi) is 6.99. The number of aromatic nitrogens is 2. The molecule has 2 aromatic rings. The highest BCUT2D eigenvalue weighted by molar-refractivity contribution is 5.78. The lowest BCUT2D eigenvalue weighted by Gasteiger charge is -2.33. The van der Waals surface area contributed by atoms with E-state index < -0.39 is 0 Å². The van der Waals surface area contributed by atoms with Crippen LogP contribution in [-0.2, 0) is 14.3 Å². The van der Waals surface area contributed by atoms with Crippen molar-refractivity contribution in [2.75, 3.05) is 45.1 Å². The lowest BCUT2D eigenvalue weighted by atomic mass is 9.92. The average Bonchev–Trinajstić information content (AvgIpc) is 3.21. The van der Waals surface area contributed by atoms with E-state index in [2.05, 4.69) is 11.1 Å². The van der Waals surface area contributed by atoms with Crippen molar-refractivity contribution in [3.8, 4) is 11.1 Å². The molecule has 2 aliphatic rings. The SMILES string of the molecule is Cc1cc(-c2ccc(N)nc2)cc([C@@H]2CCCN(C(=O)COCCN3CCCC3=O)C2)n1. The van der Waals surface area contributed by atoms with Crippen LogP contribution in [0.2, 0.25) is 0 Å². The minimum atomic E-state index is -0.00180. The van der Waals surface area contributed by atoms with Gasteiger partial charge in [0.25, 0.3) is 0 Å². The summed E-state index contributed by atoms with van der Waals surface area (Å²) in [5.74, 6) is 0.863. The van der Waals surface area contributed by atoms with Crippen molar-refractivity contribution in [1.82, 2.24) is 19.8 Å². The van der Waals surface area contributed by atoms with Gasteiger partial charge in [-0.2, -0.15) is 0 Å². The molecule has 0 bridgehead atoms. The molecular weight excluding hydrogens is 406 g/mol. The van der Waals surface area contributed by atoms with E-state index in [0.29, 0.717) is 31.9 Å². The smallest absolute Gasteiger partial charge is 0.248 e. The maximum absolute atomic E-state index is 12.7. The second kappa shape index (κ2) is 10.1. The Labute approximate surface area is 188 Å². The van der Waals surface area contributed by atoms with E-state index in [1.54, 1.807) is 17.2 Å². The first-order chi connectivity index (χ1) is 15.5. The molecule has 170 valence electrons. The normalized spacial score (nSPS) is 18.9. The highest BCUT2D eigenvalue weighted by Gasteiger charge is 2.26. The van der Waals surface area contributed by atoms with Crippen LogP contribution in [0.5, 0.6) is 0 Å². The molecule has 8 nitrogen and oxygen atoms in total. The van der Waals surface area contributed by atoms with Gasteiger partial charge in [-0.3, -0.25) is 14.6 Å². The van der Waals surface area contributed by atoms with Crippen LogP contribution in [0.1, 0.15) is 43.0 Å². The number of ether oxygens (including phenoxy) is 1. The fourth-order valence-electron chi connectivity index (χ4n) is 4.46. The van der Waals surface area contributed by atoms with Crippen LogP contribution < -0.4 is 5.73 Å². The molecule has 0 aliphatic carbocycles. The zero-order valence-corrected chi connectivity index (χ0v) is 18.6. The van der Waals surface area contributed by atoms with E-state index in [1.165, 1.54) is 0 Å². The number of likely N-dealkylation sites (tertiary alicyclic amines) is 2. The summed E-state index contributed by atoms with van der Waals surface area (Å²) in [4.78, 5) is 37.0. The van der Waals surface area contributed by atoms with Gasteiger partial charge in [-0.25, -0.2) is 4.98 Å². The van der Waals surface area contributed by atoms with Crippen molar-refractivity contribution in [3.05, 3.63) is 41.9 Å². The van der Waals surface area contributed by atoms with Crippen molar-refractivity contribution >= 4 is 17.6 Å². The number of rotatable bonds is 7. The highest BCUT2D eigenvalue weighted by atomic mass is 16.5. The third-order valence-electron chi connectivity index (χ3n) is 6.19. The second-order valence-corrected chi connectivity index (χ2v) is 8.61. The Hall–Kier alpha value is -3.00. The van der Waals surface area contributed by atoms with Gasteiger partial charge in [0.15, 0.2) is 0 Å². The first kappa shape index (κ1) is 22.2. The predicted molar refractivity (Wildman–Crippen MR) is 122 cm³/mol. The summed E-state index contributed by atoms with van der Waals surface area (Å²) in [6.45, 7) is 5.17. The van der Waals surface area contributed by atoms with E-state index in [0.717, 1.165) is 54.9 Å². The molecule has 0 spiro atoms. The fourth-order valence-corrected chi connectivity index (χ4v) is 4.46. The first-order valence-electron chi connectivity index (χ1n) is 11.3. The Morgan fingerprint density at radius 3 is 2.84 bits per heavy atom. The van der Waals surface area contributed by atoms with Gasteiger partial charge in [-0.05, 0) is 56.0 Å². The van der Waals surface area contributed by atoms with Crippen LogP contribution in [0, 0.1) is 6.92 Å². The number of amides is 2. The van der Waals surface area contributed by atoms with Crippen molar-refractivity contribution in [2.24, 2.45) is 0 Å². The van der Waals surface area contributed by atoms with Gasteiger partial charge in [0, 0.05) is 61.7 Å². The molecule has 2 N–H and O–H groups in total. The summed E-state index contributed by atoms with van der Waals surface area (Å²) in [5.41, 5.74) is 9.72. The van der Waals surface area contributed by atoms with Gasteiger partial charge in [0.1, 0.15) is 12.4 Å². The number of nitrogens with two attached hydrogens (primary N) is 1. The third kappa shape index (κ3) is 5.43. The number of aryl methyl sites for hydroxylation is 1. The average molecular weight is 438 g/mol. The Morgan fingerprint density at radius 1 is 1.22 bits per heavy atom. The summed E-state index contributed by atoms with van der Waals surface area (Å²) in [6, 6.07) is 7.90. The number of pyridine rings is 2. The molecule has 0 radical (unpaired) electrons. The summed E-state index contributed by atoms with van der Waals surface area (Å²) < 4.78 is 5.59. The lowest BCUT2D eigenvalue weighted by molar-refractivity contribution is -0.137. The van der Waals surface area contributed by atoms with Crippen molar-refractivity contribution in [1.29, 1.82) is 0 Å². The maximum atomic E-state index is 12.7. The first-order valence-corrected chi connectivity index (χ1v) is 11.3. The van der Waals surface area contributed by atoms with E-state index in [1.807, 2.05) is 24.0 Å². The molecule has 2 saturated heterocycles. The maximum Gasteiger partial charge on any atom is 0.248 e. The number of carbonyl (C=O) groups excluding carboxylic acids is 2. The fraction of sp³-hybridized carbons (Fsp3) is 0.500. The Balaban J connectivity index is 1.34. The summed E-state index contributed by atoms with van der Waals surface area (Å²) in [6.07, 6.45) is 5.25. The minimum absolute atomic E-state index is 0.00180. The van der Waals surface area contributed by atoms with Crippen LogP contribution in [0.3, 0.4) is 0 Å². The predicted octanol–water partition coefficient (Wildman–Crippen LogP) is 2.38. The molecular formula is C24H31N5O3. The van der Waals surface area contributed by atoms with Crippen molar-refractivity contribution in [3.63, 3.8) is 0 Å². The van der Waals surface area contributed by atoms with E-state index in [4.69, 9.17) is 15.5 Å². The zero-order valence-electron chi connectivity index (χ0n) is 18.6. The molecule has 4 heterocycles. The van der Waals surface area contributed by atoms with Crippen LogP contribution in [-0.4, -0.2) is 71.0 Å². The molecule has 2 fully saturated rings. The largest absolute Gasteiger partial charge is 0.384 e. The molecule has 32 heavy (non-hydrogen) atoms. The quantitative estimate of drug-likeness (QED) is 0.668. The lowest BCUT2D eigenvalue weighted by Crippen LogP contribution is -2.41. The second-order valence-electron chi connectivity index (χ2n) is 8.61. The van der Waals surface area contributed by atoms with E-state index in [9.17, 15) is 9.59 Å². The summed E-state index contributed by atoms with van der Waals surface area (Å²) in [7, 11) is 0. The molecule has 2 amide bonds. The summed E-state index contributed by atoms with van der Waals surface area (Å²) in [5, 5.41) is 0. The number of anilines is 1. The number of nitrogen functional groups attached to an aromatic ring is 1. The van der Waals surface area contributed by atoms with Crippen LogP contribution >= 0.6 is 0 Å². The van der Waals surface area contributed by atoms with Gasteiger partial charge in [-0.1, -0.05) is 0 Å². The number of hydrogen-bond donors (Lipinski definition) is 1. The van der Waals surface area contributed by atoms with Gasteiger partial charge in [-0.15, -0.1) is 0 Å². The molecule has 1 atom stereocenters. The van der Waals surface area contributed by atoms with Gasteiger partial charge < -0.3 is 20.3 Å². The van der Waals surface area contributed by atoms with Gasteiger partial charge in [0.2, 0.25) is 11.8 Å². The Morgan fingerprint density at radius 2 is 2.09 bits per heavy atom. The van der Waals surface area contributed by atoms with Crippen molar-refractivity contribution in [2.45, 2.75) is 38.5 Å². The Bertz CT molecular complexity index is 963. The van der Waals surface area contributed by atoms with E-state index in [-0.39, 0.29) is 24.3 Å².